The van der Waals surface area contributed by atoms with Gasteiger partial charge in [-0.2, -0.15) is 0 Å². The van der Waals surface area contributed by atoms with Crippen LogP contribution in [0.2, 0.25) is 0 Å². The van der Waals surface area contributed by atoms with E-state index in [1.807, 2.05) is 24.4 Å². The third kappa shape index (κ3) is 3.24. The van der Waals surface area contributed by atoms with Crippen LogP contribution in [0.25, 0.3) is 16.5 Å². The van der Waals surface area contributed by atoms with Gasteiger partial charge in [-0.05, 0) is 53.4 Å². The van der Waals surface area contributed by atoms with Gasteiger partial charge in [0.15, 0.2) is 0 Å². The van der Waals surface area contributed by atoms with Crippen LogP contribution in [0, 0.1) is 0 Å². The summed E-state index contributed by atoms with van der Waals surface area (Å²) in [6.45, 7) is 0. The summed E-state index contributed by atoms with van der Waals surface area (Å²) in [5.74, 6) is 0. The molecule has 0 N–H and O–H groups in total. The van der Waals surface area contributed by atoms with Crippen molar-refractivity contribution in [2.75, 3.05) is 6.26 Å². The first-order valence-corrected chi connectivity index (χ1v) is 9.41. The second kappa shape index (κ2) is 6.99. The number of aliphatic imine (C=N–C) groups is 1. The van der Waals surface area contributed by atoms with E-state index in [1.165, 1.54) is 15.7 Å². The van der Waals surface area contributed by atoms with Crippen LogP contribution in [-0.4, -0.2) is 17.0 Å². The first-order valence-electron chi connectivity index (χ1n) is 8.19. The highest BCUT2D eigenvalue weighted by atomic mass is 32.2. The molecule has 0 atom stereocenters. The fourth-order valence-corrected chi connectivity index (χ4v) is 3.48. The Balaban J connectivity index is 1.71. The summed E-state index contributed by atoms with van der Waals surface area (Å²) in [6.07, 6.45) is 6.09. The Bertz CT molecular complexity index is 1050. The molecule has 0 aliphatic heterocycles. The van der Waals surface area contributed by atoms with E-state index in [-0.39, 0.29) is 0 Å². The number of thioether (sulfide) groups is 1. The van der Waals surface area contributed by atoms with Gasteiger partial charge < -0.3 is 4.57 Å². The van der Waals surface area contributed by atoms with Gasteiger partial charge in [-0.25, -0.2) is 0 Å². The van der Waals surface area contributed by atoms with Crippen LogP contribution >= 0.6 is 11.8 Å². The van der Waals surface area contributed by atoms with E-state index in [2.05, 4.69) is 77.7 Å². The Morgan fingerprint density at radius 3 is 2.52 bits per heavy atom. The van der Waals surface area contributed by atoms with Crippen molar-refractivity contribution in [1.29, 1.82) is 0 Å². The molecule has 0 aliphatic rings. The Hall–Kier alpha value is -2.78. The maximum absolute atomic E-state index is 4.70. The van der Waals surface area contributed by atoms with Crippen molar-refractivity contribution < 1.29 is 0 Å². The summed E-state index contributed by atoms with van der Waals surface area (Å²) in [5.41, 5.74) is 3.20. The molecule has 0 fully saturated rings. The molecule has 0 bridgehead atoms. The average Bonchev–Trinajstić information content (AvgIpc) is 3.14. The van der Waals surface area contributed by atoms with E-state index in [9.17, 15) is 0 Å². The summed E-state index contributed by atoms with van der Waals surface area (Å²) in [7, 11) is 0. The first kappa shape index (κ1) is 15.7. The van der Waals surface area contributed by atoms with Gasteiger partial charge in [0, 0.05) is 16.8 Å². The number of hydrogen-bond donors (Lipinski definition) is 0. The van der Waals surface area contributed by atoms with Gasteiger partial charge in [-0.3, -0.25) is 4.99 Å². The molecule has 0 amide bonds. The normalized spacial score (nSPS) is 11.4. The summed E-state index contributed by atoms with van der Waals surface area (Å²) in [4.78, 5) is 5.88. The predicted molar refractivity (Wildman–Crippen MR) is 109 cm³/mol. The van der Waals surface area contributed by atoms with Crippen LogP contribution < -0.4 is 0 Å². The number of hydrogen-bond acceptors (Lipinski definition) is 2. The molecule has 0 spiro atoms. The SMILES string of the molecule is CSc1ccccc1N=Cc1cccn1-c1ccc2ccccc2c1. The van der Waals surface area contributed by atoms with Crippen LogP contribution in [0.5, 0.6) is 0 Å². The molecule has 0 saturated heterocycles. The largest absolute Gasteiger partial charge is 0.316 e. The molecule has 0 aliphatic carbocycles. The van der Waals surface area contributed by atoms with Crippen molar-refractivity contribution in [3.8, 4) is 5.69 Å². The summed E-state index contributed by atoms with van der Waals surface area (Å²) in [5, 5.41) is 2.49. The highest BCUT2D eigenvalue weighted by Crippen LogP contribution is 2.27. The van der Waals surface area contributed by atoms with E-state index in [1.54, 1.807) is 11.8 Å². The van der Waals surface area contributed by atoms with E-state index in [4.69, 9.17) is 4.99 Å². The monoisotopic (exact) mass is 342 g/mol. The smallest absolute Gasteiger partial charge is 0.0766 e. The average molecular weight is 342 g/mol. The zero-order valence-electron chi connectivity index (χ0n) is 14.0. The Labute approximate surface area is 151 Å². The van der Waals surface area contributed by atoms with E-state index >= 15 is 0 Å². The standard InChI is InChI=1S/C22H18N2S/c1-25-22-11-5-4-10-21(22)23-16-20-9-6-14-24(20)19-13-12-17-7-2-3-8-18(17)15-19/h2-16H,1H3. The van der Waals surface area contributed by atoms with Gasteiger partial charge in [0.05, 0.1) is 17.6 Å². The van der Waals surface area contributed by atoms with Crippen LogP contribution in [0.15, 0.2) is 94.9 Å². The van der Waals surface area contributed by atoms with E-state index in [0.29, 0.717) is 0 Å². The molecule has 3 heteroatoms. The highest BCUT2D eigenvalue weighted by molar-refractivity contribution is 7.98. The lowest BCUT2D eigenvalue weighted by atomic mass is 10.1. The topological polar surface area (TPSA) is 17.3 Å². The van der Waals surface area contributed by atoms with Gasteiger partial charge in [0.25, 0.3) is 0 Å². The Morgan fingerprint density at radius 1 is 0.840 bits per heavy atom. The van der Waals surface area contributed by atoms with Crippen molar-refractivity contribution in [1.82, 2.24) is 4.57 Å². The van der Waals surface area contributed by atoms with Gasteiger partial charge in [-0.1, -0.05) is 42.5 Å². The number of para-hydroxylation sites is 1. The lowest BCUT2D eigenvalue weighted by Crippen LogP contribution is -1.97. The zero-order chi connectivity index (χ0) is 17.1. The molecule has 4 aromatic rings. The van der Waals surface area contributed by atoms with Crippen LogP contribution in [0.3, 0.4) is 0 Å². The van der Waals surface area contributed by atoms with Crippen molar-refractivity contribution in [3.05, 3.63) is 90.8 Å². The van der Waals surface area contributed by atoms with Gasteiger partial charge in [-0.15, -0.1) is 11.8 Å². The minimum absolute atomic E-state index is 1.00. The maximum Gasteiger partial charge on any atom is 0.0766 e. The van der Waals surface area contributed by atoms with Gasteiger partial charge in [0.2, 0.25) is 0 Å². The predicted octanol–water partition coefficient (Wildman–Crippen LogP) is 6.10. The number of benzene rings is 3. The number of aromatic nitrogens is 1. The molecule has 1 aromatic heterocycles. The molecular formula is C22H18N2S. The highest BCUT2D eigenvalue weighted by Gasteiger charge is 2.03. The summed E-state index contributed by atoms with van der Waals surface area (Å²) in [6, 6.07) is 27.3. The third-order valence-corrected chi connectivity index (χ3v) is 5.00. The van der Waals surface area contributed by atoms with Crippen molar-refractivity contribution in [3.63, 3.8) is 0 Å². The molecule has 0 radical (unpaired) electrons. The van der Waals surface area contributed by atoms with Crippen molar-refractivity contribution in [2.24, 2.45) is 4.99 Å². The molecule has 122 valence electrons. The fraction of sp³-hybridized carbons (Fsp3) is 0.0455. The van der Waals surface area contributed by atoms with Crippen molar-refractivity contribution in [2.45, 2.75) is 4.90 Å². The Morgan fingerprint density at radius 2 is 1.64 bits per heavy atom. The summed E-state index contributed by atoms with van der Waals surface area (Å²) >= 11 is 1.71. The lowest BCUT2D eigenvalue weighted by molar-refractivity contribution is 1.07. The molecule has 4 rings (SSSR count). The van der Waals surface area contributed by atoms with Crippen LogP contribution in [0.1, 0.15) is 5.69 Å². The van der Waals surface area contributed by atoms with E-state index < -0.39 is 0 Å². The van der Waals surface area contributed by atoms with E-state index in [0.717, 1.165) is 17.1 Å². The van der Waals surface area contributed by atoms with Crippen LogP contribution in [0.4, 0.5) is 5.69 Å². The molecule has 25 heavy (non-hydrogen) atoms. The molecule has 2 nitrogen and oxygen atoms in total. The molecular weight excluding hydrogens is 324 g/mol. The number of fused-ring (bicyclic) bond motifs is 1. The zero-order valence-corrected chi connectivity index (χ0v) is 14.8. The first-order chi connectivity index (χ1) is 12.3. The summed E-state index contributed by atoms with van der Waals surface area (Å²) < 4.78 is 2.16. The van der Waals surface area contributed by atoms with Crippen molar-refractivity contribution >= 4 is 34.4 Å². The number of rotatable bonds is 4. The fourth-order valence-electron chi connectivity index (χ4n) is 2.93. The minimum atomic E-state index is 1.00. The quantitative estimate of drug-likeness (QED) is 0.323. The molecule has 3 aromatic carbocycles. The Kier molecular flexibility index (Phi) is 4.40. The third-order valence-electron chi connectivity index (χ3n) is 4.21. The second-order valence-electron chi connectivity index (χ2n) is 5.76. The maximum atomic E-state index is 4.70. The minimum Gasteiger partial charge on any atom is -0.316 e. The molecule has 1 heterocycles. The lowest BCUT2D eigenvalue weighted by Gasteiger charge is -2.08. The van der Waals surface area contributed by atoms with Crippen LogP contribution in [-0.2, 0) is 0 Å². The second-order valence-corrected chi connectivity index (χ2v) is 6.61. The van der Waals surface area contributed by atoms with Gasteiger partial charge in [0.1, 0.15) is 0 Å². The number of nitrogens with zero attached hydrogens (tertiary/aromatic N) is 2. The van der Waals surface area contributed by atoms with Gasteiger partial charge >= 0.3 is 0 Å². The molecule has 0 unspecified atom stereocenters. The molecule has 0 saturated carbocycles.